The van der Waals surface area contributed by atoms with E-state index in [2.05, 4.69) is 36.1 Å². The summed E-state index contributed by atoms with van der Waals surface area (Å²) in [4.78, 5) is 230. The van der Waals surface area contributed by atoms with Gasteiger partial charge in [0.25, 0.3) is 35.4 Å². The fraction of sp³-hybridized carbons (Fsp3) is 0.469. The Balaban J connectivity index is 0.000000323. The zero-order chi connectivity index (χ0) is 89.1. The topological polar surface area (TPSA) is 482 Å². The molecule has 0 radical (unpaired) electrons. The summed E-state index contributed by atoms with van der Waals surface area (Å²) in [7, 11) is 0. The van der Waals surface area contributed by atoms with Crippen LogP contribution < -0.4 is 47.4 Å². The Hall–Kier alpha value is -12.4. The third-order valence-corrected chi connectivity index (χ3v) is 19.3. The third kappa shape index (κ3) is 25.7. The minimum absolute atomic E-state index is 0. The molecule has 11 aliphatic rings. The number of anilines is 2. The molecular weight excluding hydrogens is 1720 g/mol. The predicted octanol–water partition coefficient (Wildman–Crippen LogP) is 5.46. The molecule has 4 aromatic carbocycles. The van der Waals surface area contributed by atoms with Gasteiger partial charge in [-0.25, -0.2) is 45.5 Å². The van der Waals surface area contributed by atoms with Crippen LogP contribution in [0.3, 0.4) is 0 Å². The Kier molecular flexibility index (Phi) is 37.9. The highest BCUT2D eigenvalue weighted by Gasteiger charge is 2.49. The van der Waals surface area contributed by atoms with Gasteiger partial charge in [-0.2, -0.15) is 0 Å². The van der Waals surface area contributed by atoms with E-state index in [9.17, 15) is 117 Å². The number of carbonyl (C=O) groups is 19. The number of esters is 3. The summed E-state index contributed by atoms with van der Waals surface area (Å²) in [5.41, 5.74) is 3.59. The van der Waals surface area contributed by atoms with Gasteiger partial charge in [0.15, 0.2) is 23.3 Å². The van der Waals surface area contributed by atoms with Crippen molar-refractivity contribution in [3.8, 4) is 0 Å². The summed E-state index contributed by atoms with van der Waals surface area (Å²) in [5.74, 6) is -16.9. The van der Waals surface area contributed by atoms with Crippen molar-refractivity contribution in [2.24, 2.45) is 5.73 Å². The highest BCUT2D eigenvalue weighted by Crippen LogP contribution is 2.36. The smallest absolute Gasteiger partial charge is 0.410 e. The fourth-order valence-corrected chi connectivity index (χ4v) is 13.4. The van der Waals surface area contributed by atoms with Crippen LogP contribution in [0.15, 0.2) is 48.5 Å². The van der Waals surface area contributed by atoms with Crippen LogP contribution >= 0.6 is 24.8 Å². The van der Waals surface area contributed by atoms with E-state index in [4.69, 9.17) is 15.2 Å². The molecular formula is C81H100Cl2F6N14O23. The van der Waals surface area contributed by atoms with Gasteiger partial charge in [-0.15, -0.1) is 24.8 Å². The molecule has 16 amide bonds. The van der Waals surface area contributed by atoms with Crippen LogP contribution in [0.5, 0.6) is 0 Å². The number of imide groups is 7. The second-order valence-corrected chi connectivity index (χ2v) is 30.2. The van der Waals surface area contributed by atoms with Gasteiger partial charge in [-0.3, -0.25) is 108 Å². The van der Waals surface area contributed by atoms with Crippen LogP contribution in [-0.2, 0) is 62.1 Å². The molecule has 7 fully saturated rings. The number of ether oxygens (including phenoxy) is 4. The first-order valence-corrected chi connectivity index (χ1v) is 38.0. The molecule has 4 atom stereocenters. The number of hydrogen-bond donors (Lipinski definition) is 7. The van der Waals surface area contributed by atoms with Crippen LogP contribution in [-0.4, -0.2) is 258 Å². The van der Waals surface area contributed by atoms with Crippen molar-refractivity contribution in [2.45, 2.75) is 164 Å². The van der Waals surface area contributed by atoms with E-state index < -0.39 is 154 Å². The predicted molar refractivity (Wildman–Crippen MR) is 438 cm³/mol. The summed E-state index contributed by atoms with van der Waals surface area (Å²) in [6.45, 7) is 21.7. The fourth-order valence-electron chi connectivity index (χ4n) is 13.4. The molecule has 0 bridgehead atoms. The Morgan fingerprint density at radius 3 is 0.944 bits per heavy atom. The summed E-state index contributed by atoms with van der Waals surface area (Å²) in [6, 6.07) is 3.56. The molecule has 4 unspecified atom stereocenters. The summed E-state index contributed by atoms with van der Waals surface area (Å²) in [5, 5.41) is 14.8. The first-order valence-electron chi connectivity index (χ1n) is 38.0. The minimum Gasteiger partial charge on any atom is -0.466 e. The molecule has 126 heavy (non-hydrogen) atoms. The van der Waals surface area contributed by atoms with E-state index in [0.717, 1.165) is 48.1 Å². The maximum absolute atomic E-state index is 15.0. The van der Waals surface area contributed by atoms with Crippen molar-refractivity contribution >= 4 is 149 Å². The number of hydrogen-bond acceptors (Lipinski definition) is 28. The number of piperazine rings is 3. The molecule has 4 aromatic rings. The van der Waals surface area contributed by atoms with E-state index in [0.29, 0.717) is 101 Å². The molecule has 37 nitrogen and oxygen atoms in total. The van der Waals surface area contributed by atoms with Gasteiger partial charge in [-0.1, -0.05) is 22.3 Å². The number of cyclic esters (lactones) is 2. The lowest BCUT2D eigenvalue weighted by Crippen LogP contribution is -2.54. The van der Waals surface area contributed by atoms with Crippen molar-refractivity contribution in [1.29, 1.82) is 0 Å². The minimum atomic E-state index is -1.25. The van der Waals surface area contributed by atoms with Gasteiger partial charge < -0.3 is 54.9 Å². The number of benzene rings is 4. The van der Waals surface area contributed by atoms with Crippen molar-refractivity contribution < 1.29 is 136 Å². The van der Waals surface area contributed by atoms with Crippen LogP contribution in [0, 0.1) is 34.9 Å². The van der Waals surface area contributed by atoms with Crippen molar-refractivity contribution in [2.75, 3.05) is 94.9 Å². The third-order valence-electron chi connectivity index (χ3n) is 19.3. The number of nitrogens with one attached hydrogen (secondary N) is 6. The van der Waals surface area contributed by atoms with Crippen molar-refractivity contribution in [1.82, 2.24) is 56.4 Å². The lowest BCUT2D eigenvalue weighted by atomic mass is 10.0. The van der Waals surface area contributed by atoms with Gasteiger partial charge in [0, 0.05) is 111 Å². The number of carbonyl (C=O) groups excluding carboxylic acids is 19. The van der Waals surface area contributed by atoms with Crippen LogP contribution in [0.2, 0.25) is 0 Å². The number of nitrogens with two attached hydrogens (primary N) is 1. The Labute approximate surface area is 731 Å². The van der Waals surface area contributed by atoms with Crippen molar-refractivity contribution in [3.63, 3.8) is 0 Å². The monoisotopic (exact) mass is 1820 g/mol. The van der Waals surface area contributed by atoms with E-state index in [-0.39, 0.29) is 171 Å². The maximum Gasteiger partial charge on any atom is 0.410 e. The van der Waals surface area contributed by atoms with Gasteiger partial charge in [0.05, 0.1) is 68.5 Å². The zero-order valence-corrected chi connectivity index (χ0v) is 69.1. The summed E-state index contributed by atoms with van der Waals surface area (Å²) >= 11 is 0. The number of amides is 16. The highest BCUT2D eigenvalue weighted by molar-refractivity contribution is 6.26. The number of fused-ring (bicyclic) bond motifs is 4. The second-order valence-electron chi connectivity index (χ2n) is 30.2. The van der Waals surface area contributed by atoms with Crippen LogP contribution in [0.1, 0.15) is 212 Å². The van der Waals surface area contributed by atoms with Crippen molar-refractivity contribution in [3.05, 3.63) is 128 Å². The number of rotatable bonds is 6. The second kappa shape index (κ2) is 45.0. The Morgan fingerprint density at radius 2 is 0.667 bits per heavy atom. The molecule has 688 valence electrons. The van der Waals surface area contributed by atoms with Crippen LogP contribution in [0.25, 0.3) is 0 Å². The average molecular weight is 1820 g/mol. The average Bonchev–Trinajstić information content (AvgIpc) is 1.60. The molecule has 0 aromatic heterocycles. The number of piperidine rings is 4. The first kappa shape index (κ1) is 106. The quantitative estimate of drug-likeness (QED) is 0.0414. The van der Waals surface area contributed by atoms with Gasteiger partial charge >= 0.3 is 30.1 Å². The lowest BCUT2D eigenvalue weighted by Gasteiger charge is -2.37. The van der Waals surface area contributed by atoms with E-state index >= 15 is 0 Å². The van der Waals surface area contributed by atoms with E-state index in [1.807, 2.05) is 31.0 Å². The molecule has 7 saturated heterocycles. The van der Waals surface area contributed by atoms with Gasteiger partial charge in [0.1, 0.15) is 41.0 Å². The Bertz CT molecular complexity index is 4870. The maximum atomic E-state index is 15.0. The molecule has 11 heterocycles. The normalized spacial score (nSPS) is 19.8. The van der Waals surface area contributed by atoms with Gasteiger partial charge in [0.2, 0.25) is 47.3 Å². The lowest BCUT2D eigenvalue weighted by molar-refractivity contribution is -0.141. The summed E-state index contributed by atoms with van der Waals surface area (Å²) < 4.78 is 100. The first-order chi connectivity index (χ1) is 56.9. The Morgan fingerprint density at radius 1 is 0.397 bits per heavy atom. The van der Waals surface area contributed by atoms with E-state index in [1.54, 1.807) is 37.5 Å². The van der Waals surface area contributed by atoms with Crippen LogP contribution in [0.4, 0.5) is 47.3 Å². The molecule has 0 saturated carbocycles. The largest absolute Gasteiger partial charge is 0.466 e. The SMILES string of the molecule is C.C.C.CC(C)(C)OC(=O)N1CCN(c2cc3c(cc2F)C(=O)N(C2CCC(=O)NC2=O)C3=O)CC1.CC(C)(C)OC(=O)N1CCNCC1.CCOC(C)=O.Cl.Cl.NC1CCC(=O)NC1=O.O=C1CCC(N2C(=O)c3cc(F)c(F)cc3C2=O)C(=O)N1.O=C1CCC(N2C(=O)c3cc(F)c(N4CCNCC4)cc3C2=O)C(=O)N1.O=C1OC(=O)c2cc(F)c(F)cc21. The zero-order valence-electron chi connectivity index (χ0n) is 67.5. The standard InChI is InChI=1S/C22H25FN4O6.C17H17FN4O4.C13H8F2N2O4.C9H18N2O2.C8H2F2O3.C5H8N2O2.C4H8O2.3CH4.2ClH/c1-22(2,3)33-21(32)26-8-6-25(7-9-26)16-11-13-12(10-14(16)23)19(30)27(20(13)31)15-4-5-17(28)24-18(15)29;18-11-7-9-10(8-13(11)21-5-3-19-4-6-21)17(26)22(16(9)25)12-1-2-14(23)20-15(12)24;14-7-3-5-6(4-8(7)15)13(21)17(12(5)20)9-1-2-10(18)16-11(9)19;1-9(2,3)13-8(12)11-6-4-10-5-7-11;9-5-1-3-4(2-6(5)10)8(12)13-7(3)11;6-3-1-2-4(8)7-5(3)9;1-3-6-4(2)5;;;;;/h10-11,15H,4-9H2,1-3H3,(H,24,28,29);7-8,12,19H,1-6H2,(H,20,23,24);3-4,9H,1-2H2,(H,16,18,19);10H,4-7H2,1-3H3;1-2H;3H,1-2,6H2,(H,7,8,9);3H2,1-2H3;3*1H4;2*1H. The number of halogens is 8. The molecule has 45 heteroatoms. The molecule has 0 spiro atoms. The number of nitrogens with zero attached hydrogens (tertiary/aromatic N) is 7. The van der Waals surface area contributed by atoms with Gasteiger partial charge in [-0.05, 0) is 123 Å². The molecule has 0 aliphatic carbocycles. The van der Waals surface area contributed by atoms with E-state index in [1.165, 1.54) is 24.0 Å². The summed E-state index contributed by atoms with van der Waals surface area (Å²) in [6.07, 6.45) is 0.313. The molecule has 15 rings (SSSR count). The molecule has 8 N–H and O–H groups in total. The highest BCUT2D eigenvalue weighted by atomic mass is 35.5. The molecule has 11 aliphatic heterocycles.